The highest BCUT2D eigenvalue weighted by Crippen LogP contribution is 2.26. The molecule has 0 aromatic carbocycles. The van der Waals surface area contributed by atoms with Crippen LogP contribution in [0.4, 0.5) is 0 Å². The molecule has 24 heavy (non-hydrogen) atoms. The number of rotatable bonds is 5. The van der Waals surface area contributed by atoms with E-state index in [0.717, 1.165) is 11.9 Å². The van der Waals surface area contributed by atoms with E-state index >= 15 is 0 Å². The molecule has 2 saturated carbocycles. The Balaban J connectivity index is 0.00000288. The third-order valence-corrected chi connectivity index (χ3v) is 5.33. The standard InChI is InChI=1S/C18H34N4O.HI/c1-4-14-9-11-16(12-10-14)21-18(19-13-17(23)22(2)3)20-15-7-5-6-8-15;/h14-16H,4-13H2,1-3H3,(H2,19,20,21);1H. The summed E-state index contributed by atoms with van der Waals surface area (Å²) >= 11 is 0. The predicted molar refractivity (Wildman–Crippen MR) is 111 cm³/mol. The number of hydrogen-bond donors (Lipinski definition) is 2. The van der Waals surface area contributed by atoms with E-state index in [9.17, 15) is 4.79 Å². The Morgan fingerprint density at radius 3 is 2.04 bits per heavy atom. The van der Waals surface area contributed by atoms with Crippen LogP contribution in [0.2, 0.25) is 0 Å². The average Bonchev–Trinajstić information content (AvgIpc) is 3.05. The lowest BCUT2D eigenvalue weighted by Crippen LogP contribution is -2.48. The number of carbonyl (C=O) groups excluding carboxylic acids is 1. The van der Waals surface area contributed by atoms with Crippen LogP contribution >= 0.6 is 24.0 Å². The van der Waals surface area contributed by atoms with Gasteiger partial charge < -0.3 is 15.5 Å². The highest BCUT2D eigenvalue weighted by atomic mass is 127. The summed E-state index contributed by atoms with van der Waals surface area (Å²) in [5.74, 6) is 1.78. The molecule has 0 heterocycles. The van der Waals surface area contributed by atoms with Gasteiger partial charge in [-0.05, 0) is 44.4 Å². The molecule has 0 unspecified atom stereocenters. The molecule has 140 valence electrons. The van der Waals surface area contributed by atoms with Crippen molar-refractivity contribution in [1.82, 2.24) is 15.5 Å². The fourth-order valence-electron chi connectivity index (χ4n) is 3.59. The maximum atomic E-state index is 11.8. The monoisotopic (exact) mass is 450 g/mol. The van der Waals surface area contributed by atoms with Gasteiger partial charge in [0, 0.05) is 26.2 Å². The number of halogens is 1. The second-order valence-corrected chi connectivity index (χ2v) is 7.35. The summed E-state index contributed by atoms with van der Waals surface area (Å²) in [5.41, 5.74) is 0. The van der Waals surface area contributed by atoms with Crippen molar-refractivity contribution in [2.75, 3.05) is 20.6 Å². The van der Waals surface area contributed by atoms with Crippen LogP contribution in [0.25, 0.3) is 0 Å². The molecule has 2 aliphatic carbocycles. The van der Waals surface area contributed by atoms with Crippen LogP contribution in [0, 0.1) is 5.92 Å². The number of nitrogens with zero attached hydrogens (tertiary/aromatic N) is 2. The lowest BCUT2D eigenvalue weighted by Gasteiger charge is -2.30. The molecule has 0 aliphatic heterocycles. The van der Waals surface area contributed by atoms with Gasteiger partial charge in [0.1, 0.15) is 6.54 Å². The van der Waals surface area contributed by atoms with Crippen LogP contribution < -0.4 is 10.6 Å². The summed E-state index contributed by atoms with van der Waals surface area (Å²) < 4.78 is 0. The van der Waals surface area contributed by atoms with Gasteiger partial charge in [-0.3, -0.25) is 4.79 Å². The summed E-state index contributed by atoms with van der Waals surface area (Å²) in [6.07, 6.45) is 11.4. The van der Waals surface area contributed by atoms with Crippen LogP contribution in [0.5, 0.6) is 0 Å². The third kappa shape index (κ3) is 7.15. The van der Waals surface area contributed by atoms with Crippen molar-refractivity contribution in [3.63, 3.8) is 0 Å². The number of nitrogens with one attached hydrogen (secondary N) is 2. The first kappa shape index (κ1) is 21.5. The van der Waals surface area contributed by atoms with E-state index < -0.39 is 0 Å². The number of aliphatic imine (C=N–C) groups is 1. The topological polar surface area (TPSA) is 56.7 Å². The van der Waals surface area contributed by atoms with E-state index in [1.807, 2.05) is 0 Å². The Kier molecular flexibility index (Phi) is 10.0. The van der Waals surface area contributed by atoms with Gasteiger partial charge in [0.2, 0.25) is 5.91 Å². The molecule has 0 saturated heterocycles. The number of amides is 1. The molecule has 2 rings (SSSR count). The zero-order valence-electron chi connectivity index (χ0n) is 15.5. The van der Waals surface area contributed by atoms with Crippen molar-refractivity contribution in [3.8, 4) is 0 Å². The Morgan fingerprint density at radius 1 is 1.00 bits per heavy atom. The van der Waals surface area contributed by atoms with Crippen LogP contribution in [0.1, 0.15) is 64.7 Å². The van der Waals surface area contributed by atoms with E-state index in [0.29, 0.717) is 12.1 Å². The highest BCUT2D eigenvalue weighted by molar-refractivity contribution is 14.0. The number of hydrogen-bond acceptors (Lipinski definition) is 2. The molecule has 0 spiro atoms. The first-order chi connectivity index (χ1) is 11.1. The molecule has 6 heteroatoms. The molecule has 0 aromatic rings. The molecule has 0 radical (unpaired) electrons. The zero-order valence-corrected chi connectivity index (χ0v) is 17.8. The van der Waals surface area contributed by atoms with Gasteiger partial charge in [0.05, 0.1) is 0 Å². The lowest BCUT2D eigenvalue weighted by molar-refractivity contribution is -0.127. The fraction of sp³-hybridized carbons (Fsp3) is 0.889. The molecular weight excluding hydrogens is 415 g/mol. The Morgan fingerprint density at radius 2 is 1.54 bits per heavy atom. The minimum absolute atomic E-state index is 0. The van der Waals surface area contributed by atoms with Crippen molar-refractivity contribution in [3.05, 3.63) is 0 Å². The fourth-order valence-corrected chi connectivity index (χ4v) is 3.59. The molecule has 0 bridgehead atoms. The molecule has 1 amide bonds. The smallest absolute Gasteiger partial charge is 0.243 e. The van der Waals surface area contributed by atoms with Crippen molar-refractivity contribution < 1.29 is 4.79 Å². The SMILES string of the molecule is CCC1CCC(NC(=NCC(=O)N(C)C)NC2CCCC2)CC1.I. The molecular formula is C18H35IN4O. The maximum absolute atomic E-state index is 11.8. The van der Waals surface area contributed by atoms with Gasteiger partial charge in [-0.25, -0.2) is 4.99 Å². The van der Waals surface area contributed by atoms with Crippen molar-refractivity contribution in [2.24, 2.45) is 10.9 Å². The zero-order chi connectivity index (χ0) is 16.7. The van der Waals surface area contributed by atoms with Gasteiger partial charge in [-0.15, -0.1) is 24.0 Å². The Hall–Kier alpha value is -0.530. The molecule has 2 aliphatic rings. The van der Waals surface area contributed by atoms with E-state index in [1.165, 1.54) is 57.8 Å². The second-order valence-electron chi connectivity index (χ2n) is 7.35. The summed E-state index contributed by atoms with van der Waals surface area (Å²) in [7, 11) is 3.56. The summed E-state index contributed by atoms with van der Waals surface area (Å²) in [5, 5.41) is 7.14. The van der Waals surface area contributed by atoms with Gasteiger partial charge in [0.15, 0.2) is 5.96 Å². The molecule has 2 fully saturated rings. The first-order valence-corrected chi connectivity index (χ1v) is 9.36. The molecule has 5 nitrogen and oxygen atoms in total. The van der Waals surface area contributed by atoms with Crippen molar-refractivity contribution in [1.29, 1.82) is 0 Å². The molecule has 2 N–H and O–H groups in total. The molecule has 0 atom stereocenters. The Labute approximate surface area is 164 Å². The lowest BCUT2D eigenvalue weighted by atomic mass is 9.84. The van der Waals surface area contributed by atoms with Crippen LogP contribution in [0.3, 0.4) is 0 Å². The van der Waals surface area contributed by atoms with Gasteiger partial charge in [0.25, 0.3) is 0 Å². The van der Waals surface area contributed by atoms with E-state index in [2.05, 4.69) is 22.5 Å². The maximum Gasteiger partial charge on any atom is 0.243 e. The number of likely N-dealkylation sites (N-methyl/N-ethyl adjacent to an activating group) is 1. The van der Waals surface area contributed by atoms with E-state index in [1.54, 1.807) is 19.0 Å². The van der Waals surface area contributed by atoms with Crippen molar-refractivity contribution in [2.45, 2.75) is 76.8 Å². The van der Waals surface area contributed by atoms with E-state index in [4.69, 9.17) is 0 Å². The summed E-state index contributed by atoms with van der Waals surface area (Å²) in [6, 6.07) is 1.02. The normalized spacial score (nSPS) is 25.0. The minimum atomic E-state index is 0. The van der Waals surface area contributed by atoms with Crippen LogP contribution in [-0.2, 0) is 4.79 Å². The predicted octanol–water partition coefficient (Wildman–Crippen LogP) is 3.14. The quantitative estimate of drug-likeness (QED) is 0.385. The van der Waals surface area contributed by atoms with Crippen LogP contribution in [0.15, 0.2) is 4.99 Å². The van der Waals surface area contributed by atoms with E-state index in [-0.39, 0.29) is 36.4 Å². The first-order valence-electron chi connectivity index (χ1n) is 9.36. The summed E-state index contributed by atoms with van der Waals surface area (Å²) in [4.78, 5) is 18.0. The van der Waals surface area contributed by atoms with Crippen LogP contribution in [-0.4, -0.2) is 49.5 Å². The highest BCUT2D eigenvalue weighted by Gasteiger charge is 2.22. The second kappa shape index (κ2) is 11.2. The van der Waals surface area contributed by atoms with Gasteiger partial charge in [-0.2, -0.15) is 0 Å². The molecule has 0 aromatic heterocycles. The number of carbonyl (C=O) groups is 1. The van der Waals surface area contributed by atoms with Gasteiger partial charge in [-0.1, -0.05) is 26.2 Å². The van der Waals surface area contributed by atoms with Crippen molar-refractivity contribution >= 4 is 35.8 Å². The largest absolute Gasteiger partial charge is 0.354 e. The number of guanidine groups is 1. The Bertz CT molecular complexity index is 400. The van der Waals surface area contributed by atoms with Gasteiger partial charge >= 0.3 is 0 Å². The third-order valence-electron chi connectivity index (χ3n) is 5.33. The minimum Gasteiger partial charge on any atom is -0.354 e. The summed E-state index contributed by atoms with van der Waals surface area (Å²) in [6.45, 7) is 2.51. The average molecular weight is 450 g/mol.